The average Bonchev–Trinajstić information content (AvgIpc) is 3.03. The molecule has 0 bridgehead atoms. The molecule has 2 aromatic carbocycles. The highest BCUT2D eigenvalue weighted by Crippen LogP contribution is 2.30. The Morgan fingerprint density at radius 1 is 1.29 bits per heavy atom. The lowest BCUT2D eigenvalue weighted by atomic mass is 9.91. The van der Waals surface area contributed by atoms with Crippen molar-refractivity contribution < 1.29 is 9.53 Å². The highest BCUT2D eigenvalue weighted by Gasteiger charge is 2.23. The number of rotatable bonds is 6. The normalized spacial score (nSPS) is 16.0. The number of benzene rings is 2. The van der Waals surface area contributed by atoms with Crippen molar-refractivity contribution in [1.82, 2.24) is 10.3 Å². The molecule has 0 fully saturated rings. The van der Waals surface area contributed by atoms with Gasteiger partial charge < -0.3 is 15.0 Å². The van der Waals surface area contributed by atoms with Crippen LogP contribution in [-0.2, 0) is 17.6 Å². The van der Waals surface area contributed by atoms with Crippen LogP contribution in [0.4, 0.5) is 0 Å². The van der Waals surface area contributed by atoms with E-state index in [4.69, 9.17) is 16.3 Å². The summed E-state index contributed by atoms with van der Waals surface area (Å²) in [6, 6.07) is 14.1. The lowest BCUT2D eigenvalue weighted by molar-refractivity contribution is -0.122. The van der Waals surface area contributed by atoms with E-state index in [0.717, 1.165) is 19.3 Å². The van der Waals surface area contributed by atoms with Crippen LogP contribution in [0.1, 0.15) is 36.1 Å². The SMILES string of the molecule is Cc1ccc2[nH]c3c(c2c1)CCC(NC(=O)CCCOc1ccccc1Cl)C3. The second-order valence-corrected chi connectivity index (χ2v) is 7.93. The maximum Gasteiger partial charge on any atom is 0.220 e. The van der Waals surface area contributed by atoms with E-state index < -0.39 is 0 Å². The van der Waals surface area contributed by atoms with Crippen LogP contribution in [0, 0.1) is 6.92 Å². The van der Waals surface area contributed by atoms with E-state index in [1.54, 1.807) is 6.07 Å². The predicted octanol–water partition coefficient (Wildman–Crippen LogP) is 4.96. The quantitative estimate of drug-likeness (QED) is 0.578. The molecule has 0 saturated carbocycles. The van der Waals surface area contributed by atoms with E-state index in [2.05, 4.69) is 35.4 Å². The highest BCUT2D eigenvalue weighted by molar-refractivity contribution is 6.32. The third kappa shape index (κ3) is 4.17. The van der Waals surface area contributed by atoms with E-state index in [-0.39, 0.29) is 11.9 Å². The first-order chi connectivity index (χ1) is 13.6. The first-order valence-electron chi connectivity index (χ1n) is 9.87. The van der Waals surface area contributed by atoms with Crippen LogP contribution >= 0.6 is 11.6 Å². The van der Waals surface area contributed by atoms with Crippen LogP contribution in [0.2, 0.25) is 5.02 Å². The van der Waals surface area contributed by atoms with Gasteiger partial charge in [-0.25, -0.2) is 0 Å². The molecule has 0 aliphatic heterocycles. The van der Waals surface area contributed by atoms with Gasteiger partial charge >= 0.3 is 0 Å². The summed E-state index contributed by atoms with van der Waals surface area (Å²) in [4.78, 5) is 15.9. The minimum Gasteiger partial charge on any atom is -0.492 e. The van der Waals surface area contributed by atoms with Gasteiger partial charge in [0.1, 0.15) is 5.75 Å². The van der Waals surface area contributed by atoms with Crippen LogP contribution < -0.4 is 10.1 Å². The number of aromatic nitrogens is 1. The summed E-state index contributed by atoms with van der Waals surface area (Å²) in [6.45, 7) is 2.60. The largest absolute Gasteiger partial charge is 0.492 e. The molecule has 3 aromatic rings. The van der Waals surface area contributed by atoms with Crippen molar-refractivity contribution in [2.24, 2.45) is 0 Å². The van der Waals surface area contributed by atoms with Crippen molar-refractivity contribution in [2.75, 3.05) is 6.61 Å². The van der Waals surface area contributed by atoms with Crippen LogP contribution in [0.25, 0.3) is 10.9 Å². The lowest BCUT2D eigenvalue weighted by Crippen LogP contribution is -2.38. The number of hydrogen-bond donors (Lipinski definition) is 2. The van der Waals surface area contributed by atoms with Gasteiger partial charge in [0.15, 0.2) is 0 Å². The second-order valence-electron chi connectivity index (χ2n) is 7.52. The molecule has 0 radical (unpaired) electrons. The molecular weight excluding hydrogens is 372 g/mol. The number of carbonyl (C=O) groups is 1. The first-order valence-corrected chi connectivity index (χ1v) is 10.2. The van der Waals surface area contributed by atoms with Crippen molar-refractivity contribution in [3.05, 3.63) is 64.3 Å². The molecule has 0 spiro atoms. The van der Waals surface area contributed by atoms with Crippen molar-refractivity contribution in [1.29, 1.82) is 0 Å². The molecule has 146 valence electrons. The Morgan fingerprint density at radius 2 is 2.14 bits per heavy atom. The van der Waals surface area contributed by atoms with Gasteiger partial charge in [-0.1, -0.05) is 35.4 Å². The zero-order valence-corrected chi connectivity index (χ0v) is 16.8. The number of carbonyl (C=O) groups excluding carboxylic acids is 1. The van der Waals surface area contributed by atoms with E-state index >= 15 is 0 Å². The monoisotopic (exact) mass is 396 g/mol. The molecule has 0 saturated heterocycles. The minimum absolute atomic E-state index is 0.0863. The zero-order valence-electron chi connectivity index (χ0n) is 16.1. The fraction of sp³-hybridized carbons (Fsp3) is 0.348. The summed E-state index contributed by atoms with van der Waals surface area (Å²) in [6.07, 6.45) is 3.97. The molecule has 1 amide bonds. The molecule has 1 aliphatic rings. The summed E-state index contributed by atoms with van der Waals surface area (Å²) >= 11 is 6.07. The van der Waals surface area contributed by atoms with Gasteiger partial charge in [0.25, 0.3) is 0 Å². The average molecular weight is 397 g/mol. The van der Waals surface area contributed by atoms with Gasteiger partial charge in [0, 0.05) is 35.5 Å². The maximum absolute atomic E-state index is 12.3. The predicted molar refractivity (Wildman–Crippen MR) is 113 cm³/mol. The molecule has 4 rings (SSSR count). The number of fused-ring (bicyclic) bond motifs is 3. The number of aryl methyl sites for hydroxylation is 2. The Balaban J connectivity index is 1.27. The number of nitrogens with one attached hydrogen (secondary N) is 2. The smallest absolute Gasteiger partial charge is 0.220 e. The van der Waals surface area contributed by atoms with Gasteiger partial charge in [0.2, 0.25) is 5.91 Å². The van der Waals surface area contributed by atoms with Gasteiger partial charge in [-0.05, 0) is 56.0 Å². The molecule has 1 atom stereocenters. The number of ether oxygens (including phenoxy) is 1. The molecule has 1 unspecified atom stereocenters. The standard InChI is InChI=1S/C23H25ClN2O2/c1-15-8-11-20-18(13-15)17-10-9-16(14-21(17)26-20)25-23(27)7-4-12-28-22-6-3-2-5-19(22)24/h2-3,5-6,8,11,13,16,26H,4,7,9-10,12,14H2,1H3,(H,25,27). The number of amides is 1. The van der Waals surface area contributed by atoms with Crippen LogP contribution in [0.5, 0.6) is 5.75 Å². The number of halogens is 1. The summed E-state index contributed by atoms with van der Waals surface area (Å²) < 4.78 is 5.65. The molecule has 4 nitrogen and oxygen atoms in total. The van der Waals surface area contributed by atoms with Gasteiger partial charge in [-0.15, -0.1) is 0 Å². The Hall–Kier alpha value is -2.46. The molecule has 1 aromatic heterocycles. The number of aromatic amines is 1. The summed E-state index contributed by atoms with van der Waals surface area (Å²) in [5.74, 6) is 0.751. The topological polar surface area (TPSA) is 54.1 Å². The first kappa shape index (κ1) is 18.9. The van der Waals surface area contributed by atoms with E-state index in [1.165, 1.54) is 27.7 Å². The van der Waals surface area contributed by atoms with E-state index in [9.17, 15) is 4.79 Å². The van der Waals surface area contributed by atoms with Gasteiger partial charge in [0.05, 0.1) is 11.6 Å². The second kappa shape index (κ2) is 8.27. The molecular formula is C23H25ClN2O2. The number of para-hydroxylation sites is 1. The fourth-order valence-electron chi connectivity index (χ4n) is 3.94. The van der Waals surface area contributed by atoms with Crippen LogP contribution in [0.3, 0.4) is 0 Å². The van der Waals surface area contributed by atoms with Crippen LogP contribution in [0.15, 0.2) is 42.5 Å². The highest BCUT2D eigenvalue weighted by atomic mass is 35.5. The molecule has 5 heteroatoms. The molecule has 1 heterocycles. The molecule has 28 heavy (non-hydrogen) atoms. The Bertz CT molecular complexity index is 995. The van der Waals surface area contributed by atoms with Crippen molar-refractivity contribution in [2.45, 2.75) is 45.1 Å². The number of H-pyrrole nitrogens is 1. The lowest BCUT2D eigenvalue weighted by Gasteiger charge is -2.23. The third-order valence-corrected chi connectivity index (χ3v) is 5.66. The Labute approximate surface area is 170 Å². The van der Waals surface area contributed by atoms with Crippen molar-refractivity contribution in [3.63, 3.8) is 0 Å². The third-order valence-electron chi connectivity index (χ3n) is 5.35. The molecule has 1 aliphatic carbocycles. The molecule has 2 N–H and O–H groups in total. The summed E-state index contributed by atoms with van der Waals surface area (Å²) in [5.41, 5.74) is 5.15. The summed E-state index contributed by atoms with van der Waals surface area (Å²) in [7, 11) is 0. The van der Waals surface area contributed by atoms with Gasteiger partial charge in [-0.2, -0.15) is 0 Å². The Morgan fingerprint density at radius 3 is 3.00 bits per heavy atom. The fourth-order valence-corrected chi connectivity index (χ4v) is 4.13. The van der Waals surface area contributed by atoms with E-state index in [0.29, 0.717) is 30.2 Å². The summed E-state index contributed by atoms with van der Waals surface area (Å²) in [5, 5.41) is 5.11. The van der Waals surface area contributed by atoms with Gasteiger partial charge in [-0.3, -0.25) is 4.79 Å². The van der Waals surface area contributed by atoms with E-state index in [1.807, 2.05) is 18.2 Å². The minimum atomic E-state index is 0.0863. The zero-order chi connectivity index (χ0) is 19.5. The van der Waals surface area contributed by atoms with Crippen molar-refractivity contribution >= 4 is 28.4 Å². The van der Waals surface area contributed by atoms with Crippen molar-refractivity contribution in [3.8, 4) is 5.75 Å². The Kier molecular flexibility index (Phi) is 5.58. The maximum atomic E-state index is 12.3. The van der Waals surface area contributed by atoms with Crippen LogP contribution in [-0.4, -0.2) is 23.5 Å². The number of hydrogen-bond acceptors (Lipinski definition) is 2.